The van der Waals surface area contributed by atoms with Crippen LogP contribution >= 0.6 is 0 Å². The van der Waals surface area contributed by atoms with E-state index in [1.165, 1.54) is 5.48 Å². The molecule has 1 saturated heterocycles. The molecule has 9 nitrogen and oxygen atoms in total. The maximum atomic E-state index is 13.3. The quantitative estimate of drug-likeness (QED) is 0.331. The van der Waals surface area contributed by atoms with Crippen molar-refractivity contribution in [1.29, 1.82) is 0 Å². The van der Waals surface area contributed by atoms with Gasteiger partial charge in [0.25, 0.3) is 5.91 Å². The molecule has 2 aromatic carbocycles. The molecule has 0 bridgehead atoms. The van der Waals surface area contributed by atoms with Gasteiger partial charge in [0.05, 0.1) is 19.6 Å². The van der Waals surface area contributed by atoms with Crippen molar-refractivity contribution in [2.45, 2.75) is 32.3 Å². The lowest BCUT2D eigenvalue weighted by atomic mass is 9.92. The van der Waals surface area contributed by atoms with Crippen LogP contribution in [0.3, 0.4) is 0 Å². The Hall–Kier alpha value is -3.30. The predicted molar refractivity (Wildman–Crippen MR) is 132 cm³/mol. The minimum atomic E-state index is -1.62. The third-order valence-corrected chi connectivity index (χ3v) is 6.30. The number of rotatable bonds is 11. The van der Waals surface area contributed by atoms with Crippen LogP contribution in [0.15, 0.2) is 48.5 Å². The first-order chi connectivity index (χ1) is 17.0. The number of ether oxygens (including phenoxy) is 2. The first-order valence-electron chi connectivity index (χ1n) is 12.0. The minimum absolute atomic E-state index is 0.280. The van der Waals surface area contributed by atoms with Gasteiger partial charge < -0.3 is 24.4 Å². The fraction of sp³-hybridized carbons (Fsp3) is 0.462. The third kappa shape index (κ3) is 7.10. The van der Waals surface area contributed by atoms with Gasteiger partial charge in [0.15, 0.2) is 0 Å². The molecule has 0 saturated carbocycles. The Morgan fingerprint density at radius 1 is 1.06 bits per heavy atom. The van der Waals surface area contributed by atoms with Gasteiger partial charge in [-0.2, -0.15) is 0 Å². The molecule has 3 N–H and O–H groups in total. The van der Waals surface area contributed by atoms with Crippen LogP contribution in [0, 0.1) is 5.92 Å². The summed E-state index contributed by atoms with van der Waals surface area (Å²) in [5, 5.41) is 19.5. The monoisotopic (exact) mass is 485 g/mol. The van der Waals surface area contributed by atoms with Crippen LogP contribution in [0.2, 0.25) is 0 Å². The van der Waals surface area contributed by atoms with E-state index in [1.54, 1.807) is 12.0 Å². The normalized spacial score (nSPS) is 15.3. The van der Waals surface area contributed by atoms with Crippen molar-refractivity contribution in [3.05, 3.63) is 54.1 Å². The molecule has 0 unspecified atom stereocenters. The van der Waals surface area contributed by atoms with Gasteiger partial charge in [-0.1, -0.05) is 18.2 Å². The standard InChI is InChI=1S/C26H35N3O6/c1-3-35-21-12-10-19(11-13-21)6-4-9-23(24(30)25(31)27-33)26(32)29-16-14-28(15-17-29)20-7-5-8-22(18-20)34-2/h5,7-8,10-13,18,23-24,30,33H,3-4,6,9,14-17H2,1-2H3,(H,27,31)/t23-,24+/m1/s1. The summed E-state index contributed by atoms with van der Waals surface area (Å²) in [4.78, 5) is 29.1. The van der Waals surface area contributed by atoms with Crippen molar-refractivity contribution in [2.24, 2.45) is 5.92 Å². The highest BCUT2D eigenvalue weighted by molar-refractivity contribution is 5.88. The summed E-state index contributed by atoms with van der Waals surface area (Å²) in [5.74, 6) is -0.620. The number of carbonyl (C=O) groups excluding carboxylic acids is 2. The molecule has 3 rings (SSSR count). The van der Waals surface area contributed by atoms with Gasteiger partial charge in [0, 0.05) is 37.9 Å². The van der Waals surface area contributed by atoms with Crippen molar-refractivity contribution < 1.29 is 29.4 Å². The molecule has 1 aliphatic heterocycles. The van der Waals surface area contributed by atoms with Crippen molar-refractivity contribution >= 4 is 17.5 Å². The molecular weight excluding hydrogens is 450 g/mol. The van der Waals surface area contributed by atoms with Crippen LogP contribution in [0.5, 0.6) is 11.5 Å². The van der Waals surface area contributed by atoms with Crippen molar-refractivity contribution in [3.63, 3.8) is 0 Å². The average molecular weight is 486 g/mol. The van der Waals surface area contributed by atoms with Crippen molar-refractivity contribution in [2.75, 3.05) is 44.8 Å². The largest absolute Gasteiger partial charge is 0.497 e. The number of hydrogen-bond acceptors (Lipinski definition) is 7. The summed E-state index contributed by atoms with van der Waals surface area (Å²) >= 11 is 0. The summed E-state index contributed by atoms with van der Waals surface area (Å²) in [6.07, 6.45) is -0.0160. The summed E-state index contributed by atoms with van der Waals surface area (Å²) in [5.41, 5.74) is 3.57. The lowest BCUT2D eigenvalue weighted by molar-refractivity contribution is -0.150. The fourth-order valence-corrected chi connectivity index (χ4v) is 4.34. The number of anilines is 1. The second-order valence-electron chi connectivity index (χ2n) is 8.51. The van der Waals surface area contributed by atoms with Gasteiger partial charge in [-0.3, -0.25) is 14.8 Å². The van der Waals surface area contributed by atoms with Gasteiger partial charge in [-0.25, -0.2) is 5.48 Å². The molecule has 2 atom stereocenters. The SMILES string of the molecule is CCOc1ccc(CCC[C@@H](C(=O)N2CCN(c3cccc(OC)c3)CC2)[C@H](O)C(=O)NO)cc1. The summed E-state index contributed by atoms with van der Waals surface area (Å²) in [7, 11) is 1.62. The Balaban J connectivity index is 1.60. The zero-order chi connectivity index (χ0) is 25.2. The molecule has 1 aliphatic rings. The van der Waals surface area contributed by atoms with E-state index in [1.807, 2.05) is 55.5 Å². The highest BCUT2D eigenvalue weighted by Crippen LogP contribution is 2.24. The average Bonchev–Trinajstić information content (AvgIpc) is 2.91. The maximum absolute atomic E-state index is 13.3. The molecule has 9 heteroatoms. The third-order valence-electron chi connectivity index (χ3n) is 6.30. The Morgan fingerprint density at radius 3 is 2.40 bits per heavy atom. The number of carbonyl (C=O) groups is 2. The summed E-state index contributed by atoms with van der Waals surface area (Å²) < 4.78 is 10.8. The minimum Gasteiger partial charge on any atom is -0.497 e. The Morgan fingerprint density at radius 2 is 1.77 bits per heavy atom. The number of methoxy groups -OCH3 is 1. The number of aliphatic hydroxyl groups excluding tert-OH is 1. The van der Waals surface area contributed by atoms with Crippen LogP contribution in [0.4, 0.5) is 5.69 Å². The number of hydroxylamine groups is 1. The maximum Gasteiger partial charge on any atom is 0.272 e. The van der Waals surface area contributed by atoms with Crippen LogP contribution in [-0.2, 0) is 16.0 Å². The van der Waals surface area contributed by atoms with Gasteiger partial charge in [0.1, 0.15) is 17.6 Å². The summed E-state index contributed by atoms with van der Waals surface area (Å²) in [6, 6.07) is 15.5. The second kappa shape index (κ2) is 13.0. The van der Waals surface area contributed by atoms with E-state index in [9.17, 15) is 14.7 Å². The lowest BCUT2D eigenvalue weighted by Gasteiger charge is -2.38. The van der Waals surface area contributed by atoms with Crippen molar-refractivity contribution in [3.8, 4) is 11.5 Å². The van der Waals surface area contributed by atoms with Crippen molar-refractivity contribution in [1.82, 2.24) is 10.4 Å². The number of piperazine rings is 1. The van der Waals surface area contributed by atoms with Crippen LogP contribution in [0.1, 0.15) is 25.3 Å². The van der Waals surface area contributed by atoms with E-state index in [0.717, 1.165) is 22.7 Å². The number of aliphatic hydroxyl groups is 1. The number of benzene rings is 2. The smallest absolute Gasteiger partial charge is 0.272 e. The lowest BCUT2D eigenvalue weighted by Crippen LogP contribution is -2.53. The summed E-state index contributed by atoms with van der Waals surface area (Å²) in [6.45, 7) is 4.72. The van der Waals surface area contributed by atoms with Crippen LogP contribution < -0.4 is 19.9 Å². The molecule has 0 radical (unpaired) electrons. The van der Waals surface area contributed by atoms with E-state index >= 15 is 0 Å². The van der Waals surface area contributed by atoms with Gasteiger partial charge >= 0.3 is 0 Å². The zero-order valence-corrected chi connectivity index (χ0v) is 20.4. The highest BCUT2D eigenvalue weighted by Gasteiger charge is 2.35. The molecule has 2 aromatic rings. The van der Waals surface area contributed by atoms with Crippen LogP contribution in [-0.4, -0.2) is 73.0 Å². The highest BCUT2D eigenvalue weighted by atomic mass is 16.5. The van der Waals surface area contributed by atoms with Gasteiger partial charge in [0.2, 0.25) is 5.91 Å². The molecule has 0 aliphatic carbocycles. The van der Waals surface area contributed by atoms with E-state index in [-0.39, 0.29) is 5.91 Å². The number of aryl methyl sites for hydroxylation is 1. The van der Waals surface area contributed by atoms with E-state index < -0.39 is 17.9 Å². The second-order valence-corrected chi connectivity index (χ2v) is 8.51. The fourth-order valence-electron chi connectivity index (χ4n) is 4.34. The van der Waals surface area contributed by atoms with Crippen LogP contribution in [0.25, 0.3) is 0 Å². The number of hydrogen-bond donors (Lipinski definition) is 3. The first-order valence-corrected chi connectivity index (χ1v) is 12.0. The van der Waals surface area contributed by atoms with E-state index in [4.69, 9.17) is 14.7 Å². The molecular formula is C26H35N3O6. The Kier molecular flexibility index (Phi) is 9.75. The van der Waals surface area contributed by atoms with Gasteiger partial charge in [-0.15, -0.1) is 0 Å². The molecule has 1 fully saturated rings. The molecule has 1 heterocycles. The molecule has 0 spiro atoms. The number of nitrogens with one attached hydrogen (secondary N) is 1. The predicted octanol–water partition coefficient (Wildman–Crippen LogP) is 2.25. The van der Waals surface area contributed by atoms with E-state index in [2.05, 4.69) is 4.90 Å². The van der Waals surface area contributed by atoms with E-state index in [0.29, 0.717) is 52.0 Å². The first kappa shape index (κ1) is 26.3. The molecule has 0 aromatic heterocycles. The number of nitrogens with zero attached hydrogens (tertiary/aromatic N) is 2. The number of amides is 2. The zero-order valence-electron chi connectivity index (χ0n) is 20.4. The Labute approximate surface area is 206 Å². The molecule has 35 heavy (non-hydrogen) atoms. The topological polar surface area (TPSA) is 112 Å². The Bertz CT molecular complexity index is 960. The molecule has 2 amide bonds. The molecule has 190 valence electrons. The van der Waals surface area contributed by atoms with Gasteiger partial charge in [-0.05, 0) is 56.0 Å².